The van der Waals surface area contributed by atoms with Gasteiger partial charge in [-0.15, -0.1) is 0 Å². The third-order valence-corrected chi connectivity index (χ3v) is 17.8. The minimum Gasteiger partial charge on any atom is -0.481 e. The quantitative estimate of drug-likeness (QED) is 0.0288. The second-order valence-corrected chi connectivity index (χ2v) is 30.7. The number of carbonyl (C=O) groups is 18. The smallest absolute Gasteiger partial charge is 0.326 e. The maximum Gasteiger partial charge on any atom is 0.326 e. The van der Waals surface area contributed by atoms with Gasteiger partial charge in [-0.05, 0) is 88.9 Å². The average Bonchev–Trinajstić information content (AvgIpc) is 1.16. The molecule has 0 aliphatic carbocycles. The lowest BCUT2D eigenvalue weighted by Crippen LogP contribution is -2.63. The molecular weight excluding hydrogens is 1530 g/mol. The molecule has 0 aliphatic rings. The molecule has 44 heteroatoms. The number of primary amides is 1. The Morgan fingerprint density at radius 1 is 0.388 bits per heavy atom. The average molecular weight is 1650 g/mol. The predicted molar refractivity (Wildman–Crippen MR) is 411 cm³/mol. The van der Waals surface area contributed by atoms with Crippen molar-refractivity contribution in [2.75, 3.05) is 19.7 Å². The Hall–Kier alpha value is -10.6. The van der Waals surface area contributed by atoms with Gasteiger partial charge in [0.25, 0.3) is 0 Å². The third kappa shape index (κ3) is 37.4. The third-order valence-electron chi connectivity index (χ3n) is 17.8. The number of imidazole rings is 1. The van der Waals surface area contributed by atoms with Crippen molar-refractivity contribution in [2.45, 2.75) is 271 Å². The molecule has 0 saturated carbocycles. The van der Waals surface area contributed by atoms with E-state index >= 15 is 0 Å². The van der Waals surface area contributed by atoms with E-state index in [1.807, 2.05) is 0 Å². The molecule has 44 nitrogen and oxygen atoms in total. The summed E-state index contributed by atoms with van der Waals surface area (Å²) in [7, 11) is 0. The van der Waals surface area contributed by atoms with Crippen LogP contribution in [0, 0.1) is 35.5 Å². The van der Waals surface area contributed by atoms with Crippen LogP contribution in [-0.2, 0) is 92.7 Å². The molecular formula is C72H123N19O25. The fraction of sp³-hybridized carbons (Fsp3) is 0.708. The first-order chi connectivity index (χ1) is 53.8. The number of amides is 16. The number of aromatic nitrogens is 2. The van der Waals surface area contributed by atoms with Crippen LogP contribution in [0.15, 0.2) is 12.5 Å². The number of nitrogens with one attached hydrogen (secondary N) is 16. The van der Waals surface area contributed by atoms with E-state index in [1.165, 1.54) is 19.4 Å². The van der Waals surface area contributed by atoms with Crippen LogP contribution in [0.3, 0.4) is 0 Å². The maximum atomic E-state index is 14.2. The summed E-state index contributed by atoms with van der Waals surface area (Å²) in [6, 6.07) is -23.1. The highest BCUT2D eigenvalue weighted by Crippen LogP contribution is 2.16. The van der Waals surface area contributed by atoms with Crippen molar-refractivity contribution < 1.29 is 122 Å². The minimum atomic E-state index is -2.06. The van der Waals surface area contributed by atoms with Gasteiger partial charge in [-0.3, -0.25) is 81.5 Å². The number of H-pyrrole nitrogens is 1. The first-order valence-electron chi connectivity index (χ1n) is 38.1. The summed E-state index contributed by atoms with van der Waals surface area (Å²) in [5.41, 5.74) is 11.6. The fourth-order valence-electron chi connectivity index (χ4n) is 11.2. The van der Waals surface area contributed by atoms with Gasteiger partial charge in [0.05, 0.1) is 63.3 Å². The van der Waals surface area contributed by atoms with Gasteiger partial charge in [0.2, 0.25) is 94.5 Å². The number of aliphatic hydroxyl groups is 5. The molecule has 0 radical (unpaired) electrons. The van der Waals surface area contributed by atoms with Gasteiger partial charge in [0.15, 0.2) is 0 Å². The molecule has 16 amide bonds. The van der Waals surface area contributed by atoms with Crippen molar-refractivity contribution in [2.24, 2.45) is 47.0 Å². The summed E-state index contributed by atoms with van der Waals surface area (Å²) in [5, 5.41) is 106. The molecule has 1 heterocycles. The lowest BCUT2D eigenvalue weighted by Gasteiger charge is -2.30. The normalized spacial score (nSPS) is 16.3. The molecule has 27 N–H and O–H groups in total. The number of aliphatic hydroxyl groups excluding tert-OH is 5. The number of hydrogen-bond donors (Lipinski definition) is 25. The molecule has 0 unspecified atom stereocenters. The lowest BCUT2D eigenvalue weighted by atomic mass is 9.98. The molecule has 0 spiro atoms. The van der Waals surface area contributed by atoms with Crippen molar-refractivity contribution in [3.63, 3.8) is 0 Å². The molecule has 0 fully saturated rings. The number of rotatable bonds is 53. The molecule has 19 atom stereocenters. The van der Waals surface area contributed by atoms with Gasteiger partial charge >= 0.3 is 11.9 Å². The predicted octanol–water partition coefficient (Wildman–Crippen LogP) is -8.35. The molecule has 656 valence electrons. The monoisotopic (exact) mass is 1650 g/mol. The Balaban J connectivity index is 3.30. The van der Waals surface area contributed by atoms with Crippen molar-refractivity contribution in [1.82, 2.24) is 89.7 Å². The Labute approximate surface area is 671 Å². The van der Waals surface area contributed by atoms with E-state index in [0.717, 1.165) is 20.8 Å². The second-order valence-electron chi connectivity index (χ2n) is 30.7. The Morgan fingerprint density at radius 3 is 1.11 bits per heavy atom. The fourth-order valence-corrected chi connectivity index (χ4v) is 11.2. The van der Waals surface area contributed by atoms with Crippen molar-refractivity contribution in [1.29, 1.82) is 0 Å². The number of hydrogen-bond acceptors (Lipinski definition) is 25. The summed E-state index contributed by atoms with van der Waals surface area (Å²) >= 11 is 0. The summed E-state index contributed by atoms with van der Waals surface area (Å²) < 4.78 is 0. The zero-order valence-corrected chi connectivity index (χ0v) is 68.4. The summed E-state index contributed by atoms with van der Waals surface area (Å²) in [6.45, 7) is 21.2. The molecule has 0 aromatic carbocycles. The van der Waals surface area contributed by atoms with Crippen LogP contribution in [0.5, 0.6) is 0 Å². The van der Waals surface area contributed by atoms with Gasteiger partial charge in [-0.25, -0.2) is 9.78 Å². The second kappa shape index (κ2) is 50.7. The van der Waals surface area contributed by atoms with E-state index in [1.54, 1.807) is 83.1 Å². The first-order valence-corrected chi connectivity index (χ1v) is 38.1. The number of nitrogens with two attached hydrogens (primary N) is 2. The lowest BCUT2D eigenvalue weighted by molar-refractivity contribution is -0.144. The summed E-state index contributed by atoms with van der Waals surface area (Å²) in [6.07, 6.45) is -6.31. The Morgan fingerprint density at radius 2 is 0.733 bits per heavy atom. The molecule has 0 saturated heterocycles. The molecule has 0 aliphatic heterocycles. The van der Waals surface area contributed by atoms with E-state index in [0.29, 0.717) is 5.69 Å². The van der Waals surface area contributed by atoms with Crippen LogP contribution in [0.4, 0.5) is 0 Å². The first kappa shape index (κ1) is 103. The van der Waals surface area contributed by atoms with Crippen LogP contribution < -0.4 is 91.2 Å². The van der Waals surface area contributed by atoms with Crippen molar-refractivity contribution in [3.8, 4) is 0 Å². The zero-order chi connectivity index (χ0) is 89.0. The van der Waals surface area contributed by atoms with E-state index < -0.39 is 272 Å². The number of carbonyl (C=O) groups excluding carboxylic acids is 16. The van der Waals surface area contributed by atoms with Crippen LogP contribution in [0.2, 0.25) is 0 Å². The van der Waals surface area contributed by atoms with E-state index in [4.69, 9.17) is 11.5 Å². The van der Waals surface area contributed by atoms with Gasteiger partial charge in [0.1, 0.15) is 84.6 Å². The van der Waals surface area contributed by atoms with E-state index in [2.05, 4.69) is 89.7 Å². The summed E-state index contributed by atoms with van der Waals surface area (Å²) in [4.78, 5) is 248. The number of nitrogens with zero attached hydrogens (tertiary/aromatic N) is 1. The highest BCUT2D eigenvalue weighted by molar-refractivity contribution is 6.01. The van der Waals surface area contributed by atoms with E-state index in [-0.39, 0.29) is 50.4 Å². The maximum absolute atomic E-state index is 14.2. The Kier molecular flexibility index (Phi) is 45.2. The highest BCUT2D eigenvalue weighted by atomic mass is 16.4. The van der Waals surface area contributed by atoms with Crippen LogP contribution in [0.1, 0.15) is 161 Å². The number of aliphatic carboxylic acids is 2. The van der Waals surface area contributed by atoms with Gasteiger partial charge in [-0.1, -0.05) is 89.5 Å². The SMILES string of the molecule is CC[C@H](C)[C@H](NC(=O)CNC(=O)[C@H](CC(N)=O)NC(=O)[C@H](CC(C)C)NC(=O)[C@H](Cc1cnc[nH]1)NC(=O)[C@@H](NC(=O)[C@@H](N)[C@@H](C)O)C(C)C)C(=O)NCC(=O)N[C@@H](CO)C(=O)N[C@H](C(=O)N[C@@H](CC(C)C)C(=O)N[C@@H](CC(C)C)C(=O)N[C@H](C(=O)N[C@@H](CC(=O)O)C(=O)N[C@H](C(=O)N[C@@H](CC(C)C)C(=O)O)[C@@H](C)O)[C@@H](C)O)[C@@H](C)O. The highest BCUT2D eigenvalue weighted by Gasteiger charge is 2.41. The van der Waals surface area contributed by atoms with Crippen molar-refractivity contribution in [3.05, 3.63) is 18.2 Å². The topological polar surface area (TPSA) is 710 Å². The number of aromatic amines is 1. The van der Waals surface area contributed by atoms with Gasteiger partial charge in [-0.2, -0.15) is 0 Å². The minimum absolute atomic E-state index is 0.0565. The molecule has 1 rings (SSSR count). The molecule has 1 aromatic heterocycles. The number of carboxylic acids is 2. The zero-order valence-electron chi connectivity index (χ0n) is 68.4. The molecule has 0 bridgehead atoms. The van der Waals surface area contributed by atoms with Crippen LogP contribution in [0.25, 0.3) is 0 Å². The van der Waals surface area contributed by atoms with Crippen LogP contribution >= 0.6 is 0 Å². The largest absolute Gasteiger partial charge is 0.481 e. The van der Waals surface area contributed by atoms with Crippen molar-refractivity contribution >= 4 is 106 Å². The molecule has 1 aromatic rings. The Bertz CT molecular complexity index is 3500. The standard InChI is InChI=1S/C72H123N19O25/c1-17-35(12)55(87-51(99)27-76-59(102)45(23-49(73)97)82-60(103)41(18-30(2)3)80-62(105)44(22-40-25-75-29-78-40)84-68(111)54(34(10)11)88-66(109)53(74)36(13)93)67(110)77-26-50(98)79-48(28-92)65(108)91-57(38(15)95)69(112)83-42(19-31(4)5)61(104)81-43(20-32(6)7)63(106)89-56(37(14)94)70(113)85-46(24-52(100)101)64(107)90-58(39(16)96)71(114)86-47(72(115)116)21-33(8)9/h25,29-39,41-48,53-58,92-96H,17-24,26-28,74H2,1-16H3,(H2,73,97)(H,75,78)(H,76,102)(H,77,110)(H,79,98)(H,80,105)(H,81,104)(H,82,103)(H,83,112)(H,84,111)(H,85,113)(H,86,114)(H,87,99)(H,88,109)(H,89,106)(H,90,107)(H,91,108)(H,100,101)(H,115,116)/t35-,36+,37+,38+,39+,41-,42-,43-,44-,45-,46-,47-,48-,53-,54-,55-,56-,57-,58-/m0/s1. The van der Waals surface area contributed by atoms with Gasteiger partial charge in [0, 0.05) is 18.3 Å². The van der Waals surface area contributed by atoms with Crippen LogP contribution in [-0.4, -0.2) is 281 Å². The van der Waals surface area contributed by atoms with E-state index in [9.17, 15) is 122 Å². The summed E-state index contributed by atoms with van der Waals surface area (Å²) in [5.74, 6) is -23.2. The molecule has 116 heavy (non-hydrogen) atoms. The van der Waals surface area contributed by atoms with Gasteiger partial charge < -0.3 is 132 Å². The number of carboxylic acid groups (broad SMARTS) is 2.